The van der Waals surface area contributed by atoms with E-state index in [1.165, 1.54) is 12.8 Å². The molecule has 136 valence electrons. The average Bonchev–Trinajstić information content (AvgIpc) is 2.59. The highest BCUT2D eigenvalue weighted by atomic mass is 35.5. The van der Waals surface area contributed by atoms with Gasteiger partial charge in [0.1, 0.15) is 11.5 Å². The van der Waals surface area contributed by atoms with Crippen molar-refractivity contribution >= 4 is 18.4 Å². The predicted octanol–water partition coefficient (Wildman–Crippen LogP) is 2.99. The van der Waals surface area contributed by atoms with Gasteiger partial charge in [0.25, 0.3) is 0 Å². The molecule has 0 saturated carbocycles. The Morgan fingerprint density at radius 3 is 2.88 bits per heavy atom. The molecule has 0 spiro atoms. The number of rotatable bonds is 8. The molecule has 1 fully saturated rings. The molecule has 1 saturated heterocycles. The van der Waals surface area contributed by atoms with Crippen molar-refractivity contribution in [3.05, 3.63) is 23.8 Å². The van der Waals surface area contributed by atoms with Crippen LogP contribution in [0.3, 0.4) is 0 Å². The SMILES string of the molecule is CCOC(=O)CCc1ccc(OCC2CCCNC2)cc1OC.Cl. The number of ether oxygens (including phenoxy) is 3. The predicted molar refractivity (Wildman–Crippen MR) is 96.3 cm³/mol. The van der Waals surface area contributed by atoms with E-state index in [1.54, 1.807) is 7.11 Å². The van der Waals surface area contributed by atoms with Crippen LogP contribution in [0.25, 0.3) is 0 Å². The molecule has 1 aromatic carbocycles. The minimum absolute atomic E-state index is 0. The average molecular weight is 358 g/mol. The Labute approximate surface area is 150 Å². The highest BCUT2D eigenvalue weighted by molar-refractivity contribution is 5.85. The van der Waals surface area contributed by atoms with E-state index in [0.29, 0.717) is 25.4 Å². The molecule has 0 aliphatic carbocycles. The molecule has 1 atom stereocenters. The van der Waals surface area contributed by atoms with Gasteiger partial charge >= 0.3 is 5.97 Å². The summed E-state index contributed by atoms with van der Waals surface area (Å²) in [4.78, 5) is 11.5. The van der Waals surface area contributed by atoms with Crippen molar-refractivity contribution in [1.29, 1.82) is 0 Å². The number of aryl methyl sites for hydroxylation is 1. The summed E-state index contributed by atoms with van der Waals surface area (Å²) < 4.78 is 16.3. The molecule has 1 heterocycles. The van der Waals surface area contributed by atoms with Crippen molar-refractivity contribution in [2.45, 2.75) is 32.6 Å². The monoisotopic (exact) mass is 357 g/mol. The van der Waals surface area contributed by atoms with E-state index < -0.39 is 0 Å². The second-order valence-corrected chi connectivity index (χ2v) is 5.80. The standard InChI is InChI=1S/C18H27NO4.ClH/c1-3-22-18(20)9-7-15-6-8-16(11-17(15)21-2)23-13-14-5-4-10-19-12-14;/h6,8,11,14,19H,3-5,7,9-10,12-13H2,1-2H3;1H. The van der Waals surface area contributed by atoms with Gasteiger partial charge in [-0.05, 0) is 44.4 Å². The number of carbonyl (C=O) groups is 1. The first-order valence-corrected chi connectivity index (χ1v) is 8.39. The molecule has 0 amide bonds. The first-order chi connectivity index (χ1) is 11.2. The summed E-state index contributed by atoms with van der Waals surface area (Å²) in [7, 11) is 1.64. The molecule has 24 heavy (non-hydrogen) atoms. The largest absolute Gasteiger partial charge is 0.496 e. The van der Waals surface area contributed by atoms with Gasteiger partial charge in [-0.1, -0.05) is 6.07 Å². The molecular formula is C18H28ClNO4. The molecule has 0 aromatic heterocycles. The van der Waals surface area contributed by atoms with E-state index >= 15 is 0 Å². The molecule has 1 aromatic rings. The molecule has 5 nitrogen and oxygen atoms in total. The summed E-state index contributed by atoms with van der Waals surface area (Å²) >= 11 is 0. The van der Waals surface area contributed by atoms with Crippen LogP contribution in [0.15, 0.2) is 18.2 Å². The Morgan fingerprint density at radius 1 is 1.38 bits per heavy atom. The van der Waals surface area contributed by atoms with Gasteiger partial charge in [0.15, 0.2) is 0 Å². The number of carbonyl (C=O) groups excluding carboxylic acids is 1. The number of benzene rings is 1. The van der Waals surface area contributed by atoms with Crippen molar-refractivity contribution < 1.29 is 19.0 Å². The number of nitrogens with one attached hydrogen (secondary N) is 1. The molecule has 1 N–H and O–H groups in total. The number of piperidine rings is 1. The normalized spacial score (nSPS) is 16.8. The lowest BCUT2D eigenvalue weighted by atomic mass is 10.0. The van der Waals surface area contributed by atoms with E-state index in [2.05, 4.69) is 5.32 Å². The minimum atomic E-state index is -0.181. The molecule has 2 rings (SSSR count). The maximum absolute atomic E-state index is 11.5. The maximum atomic E-state index is 11.5. The van der Waals surface area contributed by atoms with E-state index in [0.717, 1.165) is 36.8 Å². The van der Waals surface area contributed by atoms with Crippen LogP contribution >= 0.6 is 12.4 Å². The molecule has 6 heteroatoms. The highest BCUT2D eigenvalue weighted by Gasteiger charge is 2.14. The van der Waals surface area contributed by atoms with Crippen LogP contribution in [0.1, 0.15) is 31.7 Å². The minimum Gasteiger partial charge on any atom is -0.496 e. The fourth-order valence-electron chi connectivity index (χ4n) is 2.77. The molecule has 1 unspecified atom stereocenters. The first-order valence-electron chi connectivity index (χ1n) is 8.39. The smallest absolute Gasteiger partial charge is 0.306 e. The van der Waals surface area contributed by atoms with Gasteiger partial charge in [-0.3, -0.25) is 4.79 Å². The number of esters is 1. The third-order valence-corrected chi connectivity index (χ3v) is 4.05. The first kappa shape index (κ1) is 20.6. The fourth-order valence-corrected chi connectivity index (χ4v) is 2.77. The molecule has 0 radical (unpaired) electrons. The second-order valence-electron chi connectivity index (χ2n) is 5.80. The van der Waals surface area contributed by atoms with Gasteiger partial charge in [0.2, 0.25) is 0 Å². The van der Waals surface area contributed by atoms with Crippen molar-refractivity contribution in [3.8, 4) is 11.5 Å². The molecule has 1 aliphatic heterocycles. The Bertz CT molecular complexity index is 504. The topological polar surface area (TPSA) is 56.8 Å². The van der Waals surface area contributed by atoms with Crippen LogP contribution < -0.4 is 14.8 Å². The Morgan fingerprint density at radius 2 is 2.21 bits per heavy atom. The Balaban J connectivity index is 0.00000288. The zero-order valence-electron chi connectivity index (χ0n) is 14.5. The number of hydrogen-bond donors (Lipinski definition) is 1. The van der Waals surface area contributed by atoms with Crippen LogP contribution in [-0.4, -0.2) is 39.4 Å². The fraction of sp³-hybridized carbons (Fsp3) is 0.611. The van der Waals surface area contributed by atoms with Crippen molar-refractivity contribution in [1.82, 2.24) is 5.32 Å². The summed E-state index contributed by atoms with van der Waals surface area (Å²) in [6.45, 7) is 5.08. The summed E-state index contributed by atoms with van der Waals surface area (Å²) in [6, 6.07) is 5.81. The van der Waals surface area contributed by atoms with Crippen molar-refractivity contribution in [2.75, 3.05) is 33.4 Å². The van der Waals surface area contributed by atoms with Crippen molar-refractivity contribution in [3.63, 3.8) is 0 Å². The van der Waals surface area contributed by atoms with Crippen molar-refractivity contribution in [2.24, 2.45) is 5.92 Å². The van der Waals surface area contributed by atoms with E-state index in [1.807, 2.05) is 25.1 Å². The lowest BCUT2D eigenvalue weighted by Gasteiger charge is -2.23. The van der Waals surface area contributed by atoms with Crippen LogP contribution in [0, 0.1) is 5.92 Å². The molecular weight excluding hydrogens is 330 g/mol. The third kappa shape index (κ3) is 6.57. The lowest BCUT2D eigenvalue weighted by molar-refractivity contribution is -0.143. The number of halogens is 1. The maximum Gasteiger partial charge on any atom is 0.306 e. The third-order valence-electron chi connectivity index (χ3n) is 4.05. The quantitative estimate of drug-likeness (QED) is 0.725. The van der Waals surface area contributed by atoms with Crippen LogP contribution in [0.5, 0.6) is 11.5 Å². The number of hydrogen-bond acceptors (Lipinski definition) is 5. The summed E-state index contributed by atoms with van der Waals surface area (Å²) in [6.07, 6.45) is 3.39. The van der Waals surface area contributed by atoms with Gasteiger partial charge in [-0.2, -0.15) is 0 Å². The molecule has 1 aliphatic rings. The summed E-state index contributed by atoms with van der Waals surface area (Å²) in [5, 5.41) is 3.39. The van der Waals surface area contributed by atoms with E-state index in [9.17, 15) is 4.79 Å². The van der Waals surface area contributed by atoms with E-state index in [-0.39, 0.29) is 18.4 Å². The second kappa shape index (κ2) is 11.2. The van der Waals surface area contributed by atoms with Crippen LogP contribution in [-0.2, 0) is 16.0 Å². The molecule has 0 bridgehead atoms. The lowest BCUT2D eigenvalue weighted by Crippen LogP contribution is -2.33. The van der Waals surface area contributed by atoms with Gasteiger partial charge < -0.3 is 19.5 Å². The Hall–Kier alpha value is -1.46. The number of methoxy groups -OCH3 is 1. The zero-order chi connectivity index (χ0) is 16.5. The van der Waals surface area contributed by atoms with Gasteiger partial charge in [-0.25, -0.2) is 0 Å². The van der Waals surface area contributed by atoms with Crippen LogP contribution in [0.2, 0.25) is 0 Å². The highest BCUT2D eigenvalue weighted by Crippen LogP contribution is 2.26. The Kier molecular flexibility index (Phi) is 9.57. The van der Waals surface area contributed by atoms with E-state index in [4.69, 9.17) is 14.2 Å². The van der Waals surface area contributed by atoms with Crippen LogP contribution in [0.4, 0.5) is 0 Å². The summed E-state index contributed by atoms with van der Waals surface area (Å²) in [5.74, 6) is 1.96. The van der Waals surface area contributed by atoms with Gasteiger partial charge in [0.05, 0.1) is 20.3 Å². The summed E-state index contributed by atoms with van der Waals surface area (Å²) in [5.41, 5.74) is 0.993. The van der Waals surface area contributed by atoms with Gasteiger partial charge in [-0.15, -0.1) is 12.4 Å². The zero-order valence-corrected chi connectivity index (χ0v) is 15.3. The van der Waals surface area contributed by atoms with Gasteiger partial charge in [0, 0.05) is 24.9 Å².